The van der Waals surface area contributed by atoms with Gasteiger partial charge in [0, 0.05) is 11.8 Å². The van der Waals surface area contributed by atoms with Crippen LogP contribution in [0, 0.1) is 0 Å². The van der Waals surface area contributed by atoms with E-state index in [4.69, 9.17) is 29.6 Å². The minimum atomic E-state index is -0.663. The molecule has 1 aromatic rings. The highest BCUT2D eigenvalue weighted by Crippen LogP contribution is 2.20. The van der Waals surface area contributed by atoms with E-state index < -0.39 is 6.17 Å². The molecular weight excluding hydrogens is 296 g/mol. The minimum absolute atomic E-state index is 0.0224. The molecule has 7 heteroatoms. The Morgan fingerprint density at radius 3 is 2.85 bits per heavy atom. The van der Waals surface area contributed by atoms with Crippen molar-refractivity contribution in [3.8, 4) is 0 Å². The molecule has 1 aliphatic heterocycles. The van der Waals surface area contributed by atoms with Crippen LogP contribution in [-0.2, 0) is 0 Å². The van der Waals surface area contributed by atoms with Crippen LogP contribution < -0.4 is 5.73 Å². The van der Waals surface area contributed by atoms with Crippen molar-refractivity contribution in [2.45, 2.75) is 25.9 Å². The number of pyridine rings is 1. The Morgan fingerprint density at radius 1 is 1.55 bits per heavy atom. The summed E-state index contributed by atoms with van der Waals surface area (Å²) in [5.41, 5.74) is 7.06. The SMILES string of the molecule is CC(=O)c1ccnc(C(C)C2=NC(N)C(=S)C(Cl)=N2)c1. The largest absolute Gasteiger partial charge is 0.305 e. The Hall–Kier alpha value is -1.50. The summed E-state index contributed by atoms with van der Waals surface area (Å²) < 4.78 is 0. The second-order valence-corrected chi connectivity index (χ2v) is 5.24. The molecule has 2 atom stereocenters. The molecule has 2 N–H and O–H groups in total. The molecule has 0 saturated carbocycles. The lowest BCUT2D eigenvalue weighted by Crippen LogP contribution is -2.36. The lowest BCUT2D eigenvalue weighted by atomic mass is 10.0. The van der Waals surface area contributed by atoms with Crippen molar-refractivity contribution in [2.24, 2.45) is 15.7 Å². The number of Topliss-reactive ketones (excluding diaryl/α,β-unsaturated/α-hetero) is 1. The summed E-state index contributed by atoms with van der Waals surface area (Å²) in [5.74, 6) is 0.215. The number of carbonyl (C=O) groups is 1. The predicted octanol–water partition coefficient (Wildman–Crippen LogP) is 2.09. The van der Waals surface area contributed by atoms with Gasteiger partial charge in [0.2, 0.25) is 0 Å². The average Bonchev–Trinajstić information content (AvgIpc) is 2.43. The van der Waals surface area contributed by atoms with Crippen molar-refractivity contribution in [2.75, 3.05) is 0 Å². The van der Waals surface area contributed by atoms with Gasteiger partial charge in [0.15, 0.2) is 5.78 Å². The van der Waals surface area contributed by atoms with Crippen LogP contribution >= 0.6 is 23.8 Å². The highest BCUT2D eigenvalue weighted by Gasteiger charge is 2.24. The van der Waals surface area contributed by atoms with Crippen molar-refractivity contribution < 1.29 is 4.79 Å². The number of nitrogens with zero attached hydrogens (tertiary/aromatic N) is 3. The first-order valence-electron chi connectivity index (χ1n) is 5.98. The van der Waals surface area contributed by atoms with Crippen LogP contribution in [0.3, 0.4) is 0 Å². The fourth-order valence-electron chi connectivity index (χ4n) is 1.75. The predicted molar refractivity (Wildman–Crippen MR) is 84.0 cm³/mol. The third-order valence-electron chi connectivity index (χ3n) is 2.97. The zero-order valence-electron chi connectivity index (χ0n) is 11.0. The standard InChI is InChI=1S/C13H13ClN4OS/c1-6(9-5-8(7(2)19)3-4-16-9)13-17-11(14)10(20)12(15)18-13/h3-6,12H,15H2,1-2H3. The third-order valence-corrected chi connectivity index (χ3v) is 3.81. The molecule has 1 aliphatic rings. The van der Waals surface area contributed by atoms with Gasteiger partial charge < -0.3 is 5.73 Å². The summed E-state index contributed by atoms with van der Waals surface area (Å²) in [4.78, 5) is 24.3. The van der Waals surface area contributed by atoms with Crippen molar-refractivity contribution in [1.82, 2.24) is 4.98 Å². The Balaban J connectivity index is 2.35. The van der Waals surface area contributed by atoms with Crippen molar-refractivity contribution in [1.29, 1.82) is 0 Å². The molecule has 0 aromatic carbocycles. The fraction of sp³-hybridized carbons (Fsp3) is 0.308. The molecular formula is C13H13ClN4OS. The summed E-state index contributed by atoms with van der Waals surface area (Å²) >= 11 is 11.0. The Morgan fingerprint density at radius 2 is 2.25 bits per heavy atom. The average molecular weight is 309 g/mol. The zero-order valence-corrected chi connectivity index (χ0v) is 12.6. The van der Waals surface area contributed by atoms with Gasteiger partial charge in [-0.25, -0.2) is 9.98 Å². The smallest absolute Gasteiger partial charge is 0.159 e. The van der Waals surface area contributed by atoms with E-state index in [0.29, 0.717) is 22.0 Å². The number of carbonyl (C=O) groups excluding carboxylic acids is 1. The number of rotatable bonds is 3. The number of amidine groups is 1. The van der Waals surface area contributed by atoms with E-state index in [2.05, 4.69) is 15.0 Å². The van der Waals surface area contributed by atoms with Crippen LogP contribution in [-0.4, -0.2) is 32.8 Å². The third kappa shape index (κ3) is 2.98. The molecule has 20 heavy (non-hydrogen) atoms. The topological polar surface area (TPSA) is 80.7 Å². The molecule has 0 spiro atoms. The minimum Gasteiger partial charge on any atom is -0.305 e. The molecule has 0 radical (unpaired) electrons. The molecule has 1 aromatic heterocycles. The number of aromatic nitrogens is 1. The van der Waals surface area contributed by atoms with Gasteiger partial charge in [0.1, 0.15) is 17.2 Å². The zero-order chi connectivity index (χ0) is 14.9. The van der Waals surface area contributed by atoms with E-state index >= 15 is 0 Å². The maximum Gasteiger partial charge on any atom is 0.159 e. The van der Waals surface area contributed by atoms with Crippen molar-refractivity contribution in [3.63, 3.8) is 0 Å². The molecule has 0 amide bonds. The Labute approximate surface area is 127 Å². The summed E-state index contributed by atoms with van der Waals surface area (Å²) in [6.07, 6.45) is 0.922. The first-order chi connectivity index (χ1) is 9.40. The van der Waals surface area contributed by atoms with E-state index in [1.54, 1.807) is 18.3 Å². The van der Waals surface area contributed by atoms with Crippen molar-refractivity contribution >= 4 is 45.5 Å². The molecule has 0 aliphatic carbocycles. The molecule has 104 valence electrons. The number of hydrogen-bond donors (Lipinski definition) is 1. The second-order valence-electron chi connectivity index (χ2n) is 4.45. The van der Waals surface area contributed by atoms with Crippen molar-refractivity contribution in [3.05, 3.63) is 29.6 Å². The summed E-state index contributed by atoms with van der Waals surface area (Å²) in [5, 5.41) is 0.187. The van der Waals surface area contributed by atoms with Crippen LogP contribution in [0.15, 0.2) is 28.3 Å². The van der Waals surface area contributed by atoms with Gasteiger partial charge in [-0.3, -0.25) is 9.78 Å². The highest BCUT2D eigenvalue weighted by atomic mass is 35.5. The van der Waals surface area contributed by atoms with E-state index in [0.717, 1.165) is 0 Å². The van der Waals surface area contributed by atoms with Gasteiger partial charge >= 0.3 is 0 Å². The first kappa shape index (κ1) is 14.9. The van der Waals surface area contributed by atoms with Crippen LogP contribution in [0.1, 0.15) is 35.8 Å². The number of thiocarbonyl (C=S) groups is 1. The highest BCUT2D eigenvalue weighted by molar-refractivity contribution is 7.82. The normalized spacial score (nSPS) is 20.2. The van der Waals surface area contributed by atoms with Gasteiger partial charge in [0.25, 0.3) is 0 Å². The number of halogens is 1. The lowest BCUT2D eigenvalue weighted by Gasteiger charge is -2.18. The van der Waals surface area contributed by atoms with Crippen LogP contribution in [0.2, 0.25) is 0 Å². The Bertz CT molecular complexity index is 641. The lowest BCUT2D eigenvalue weighted by molar-refractivity contribution is 0.101. The number of ketones is 1. The van der Waals surface area contributed by atoms with Crippen LogP contribution in [0.5, 0.6) is 0 Å². The molecule has 2 unspecified atom stereocenters. The quantitative estimate of drug-likeness (QED) is 0.685. The maximum absolute atomic E-state index is 11.4. The van der Waals surface area contributed by atoms with Gasteiger partial charge in [-0.15, -0.1) is 0 Å². The fourth-order valence-corrected chi connectivity index (χ4v) is 2.05. The van der Waals surface area contributed by atoms with Gasteiger partial charge in [-0.2, -0.15) is 0 Å². The molecule has 0 bridgehead atoms. The second kappa shape index (κ2) is 5.87. The number of hydrogen-bond acceptors (Lipinski definition) is 6. The monoisotopic (exact) mass is 308 g/mol. The van der Waals surface area contributed by atoms with Gasteiger partial charge in [-0.1, -0.05) is 23.8 Å². The number of aliphatic imine (C=N–C) groups is 2. The number of nitrogens with two attached hydrogens (primary N) is 1. The van der Waals surface area contributed by atoms with E-state index in [9.17, 15) is 4.79 Å². The molecule has 2 rings (SSSR count). The Kier molecular flexibility index (Phi) is 4.37. The molecule has 0 fully saturated rings. The van der Waals surface area contributed by atoms with Gasteiger partial charge in [0.05, 0.1) is 16.5 Å². The summed E-state index contributed by atoms with van der Waals surface area (Å²) in [7, 11) is 0. The summed E-state index contributed by atoms with van der Waals surface area (Å²) in [6, 6.07) is 3.38. The maximum atomic E-state index is 11.4. The van der Waals surface area contributed by atoms with E-state index in [1.165, 1.54) is 6.92 Å². The van der Waals surface area contributed by atoms with Gasteiger partial charge in [-0.05, 0) is 26.0 Å². The molecule has 2 heterocycles. The van der Waals surface area contributed by atoms with E-state index in [1.807, 2.05) is 6.92 Å². The van der Waals surface area contributed by atoms with E-state index in [-0.39, 0.29) is 16.9 Å². The summed E-state index contributed by atoms with van der Waals surface area (Å²) in [6.45, 7) is 3.38. The first-order valence-corrected chi connectivity index (χ1v) is 6.77. The van der Waals surface area contributed by atoms with Crippen LogP contribution in [0.4, 0.5) is 0 Å². The molecule has 5 nitrogen and oxygen atoms in total. The van der Waals surface area contributed by atoms with Crippen LogP contribution in [0.25, 0.3) is 0 Å². The molecule has 0 saturated heterocycles.